The molecule has 0 heterocycles. The summed E-state index contributed by atoms with van der Waals surface area (Å²) in [5.41, 5.74) is -2.82. The molecule has 0 aromatic heterocycles. The van der Waals surface area contributed by atoms with Gasteiger partial charge in [0.1, 0.15) is 0 Å². The average Bonchev–Trinajstić information content (AvgIpc) is 2.45. The van der Waals surface area contributed by atoms with Gasteiger partial charge in [-0.15, -0.1) is 11.4 Å². The first kappa shape index (κ1) is 25.8. The molecule has 22 heavy (non-hydrogen) atoms. The number of hydrogen-bond acceptors (Lipinski definition) is 4. The number of rotatable bonds is 16. The summed E-state index contributed by atoms with van der Waals surface area (Å²) >= 11 is 6.44. The van der Waals surface area contributed by atoms with Crippen LogP contribution >= 0.6 is 17.1 Å². The topological polar surface area (TPSA) is 32.3 Å². The number of hydrogen-bond donors (Lipinski definition) is 0. The van der Waals surface area contributed by atoms with E-state index in [-0.39, 0.29) is 21.1 Å². The molecule has 1 atom stereocenters. The van der Waals surface area contributed by atoms with Gasteiger partial charge in [0.25, 0.3) is 0 Å². The zero-order valence-electron chi connectivity index (χ0n) is 14.4. The summed E-state index contributed by atoms with van der Waals surface area (Å²) in [5.74, 6) is 0.878. The van der Waals surface area contributed by atoms with E-state index in [1.54, 1.807) is 0 Å². The molecule has 2 nitrogen and oxygen atoms in total. The second kappa shape index (κ2) is 18.9. The molecule has 0 saturated carbocycles. The second-order valence-electron chi connectivity index (χ2n) is 5.65. The molecule has 0 amide bonds. The molecule has 0 spiro atoms. The van der Waals surface area contributed by atoms with Gasteiger partial charge in [0.05, 0.1) is 6.61 Å². The molecular weight excluding hydrogens is 415 g/mol. The molecule has 6 heteroatoms. The van der Waals surface area contributed by atoms with Gasteiger partial charge in [-0.2, -0.15) is 0 Å². The maximum atomic E-state index is 12.0. The Bertz CT molecular complexity index is 247. The Morgan fingerprint density at radius 3 is 1.82 bits per heavy atom. The maximum Gasteiger partial charge on any atom is 1.00 e. The van der Waals surface area contributed by atoms with Crippen molar-refractivity contribution >= 4 is 28.9 Å². The predicted molar refractivity (Wildman–Crippen MR) is 99.4 cm³/mol. The van der Waals surface area contributed by atoms with Crippen molar-refractivity contribution in [2.45, 2.75) is 90.9 Å². The molecule has 133 valence electrons. The monoisotopic (exact) mass is 451 g/mol. The maximum absolute atomic E-state index is 12.0. The minimum Gasteiger partial charge on any atom is -0.793 e. The van der Waals surface area contributed by atoms with E-state index in [1.807, 2.05) is 0 Å². The van der Waals surface area contributed by atoms with Gasteiger partial charge < -0.3 is 9.42 Å². The zero-order valence-corrected chi connectivity index (χ0v) is 18.9. The molecule has 0 aliphatic heterocycles. The van der Waals surface area contributed by atoms with Crippen LogP contribution in [0.2, 0.25) is 0 Å². The Hall–Kier alpha value is 1.61. The summed E-state index contributed by atoms with van der Waals surface area (Å²) in [6.45, 7) is 5.01. The average molecular weight is 449 g/mol. The summed E-state index contributed by atoms with van der Waals surface area (Å²) in [7, 11) is 0. The van der Waals surface area contributed by atoms with E-state index < -0.39 is 5.69 Å². The van der Waals surface area contributed by atoms with Gasteiger partial charge in [-0.05, 0) is 18.6 Å². The fourth-order valence-electron chi connectivity index (χ4n) is 2.15. The molecule has 0 aliphatic carbocycles. The standard InChI is InChI=1S/C16H35O2PS2.Mo/c1-3-5-7-9-11-13-15-18-19(17,20)21-16-14-12-10-8-6-4-2;/h3-16H2,1-2H3,(H,17,20);/q;+1/p-1. The zero-order chi connectivity index (χ0) is 15.8. The van der Waals surface area contributed by atoms with E-state index in [0.29, 0.717) is 6.61 Å². The van der Waals surface area contributed by atoms with Crippen LogP contribution in [0.5, 0.6) is 0 Å². The molecule has 0 aliphatic rings. The van der Waals surface area contributed by atoms with Crippen LogP contribution in [0.1, 0.15) is 90.9 Å². The summed E-state index contributed by atoms with van der Waals surface area (Å²) in [4.78, 5) is 12.0. The van der Waals surface area contributed by atoms with Crippen LogP contribution in [0.15, 0.2) is 0 Å². The van der Waals surface area contributed by atoms with E-state index in [9.17, 15) is 4.89 Å². The van der Waals surface area contributed by atoms with E-state index in [1.165, 1.54) is 69.2 Å². The van der Waals surface area contributed by atoms with Crippen LogP contribution in [-0.2, 0) is 37.4 Å². The first-order valence-electron chi connectivity index (χ1n) is 8.72. The molecule has 1 radical (unpaired) electrons. The van der Waals surface area contributed by atoms with Crippen LogP contribution in [0.25, 0.3) is 0 Å². The minimum atomic E-state index is -2.82. The van der Waals surface area contributed by atoms with Gasteiger partial charge in [-0.3, -0.25) is 0 Å². The van der Waals surface area contributed by atoms with Crippen molar-refractivity contribution in [3.8, 4) is 0 Å². The normalized spacial score (nSPS) is 13.6. The molecule has 0 fully saturated rings. The Morgan fingerprint density at radius 1 is 0.818 bits per heavy atom. The van der Waals surface area contributed by atoms with Crippen molar-refractivity contribution in [2.24, 2.45) is 0 Å². The predicted octanol–water partition coefficient (Wildman–Crippen LogP) is 6.04. The quantitative estimate of drug-likeness (QED) is 0.163. The van der Waals surface area contributed by atoms with Gasteiger partial charge in [-0.25, -0.2) is 0 Å². The first-order chi connectivity index (χ1) is 10.1. The van der Waals surface area contributed by atoms with Crippen LogP contribution in [0.4, 0.5) is 0 Å². The second-order valence-corrected chi connectivity index (χ2v) is 11.8. The molecule has 0 N–H and O–H groups in total. The minimum absolute atomic E-state index is 0. The Labute approximate surface area is 162 Å². The fraction of sp³-hybridized carbons (Fsp3) is 1.00. The van der Waals surface area contributed by atoms with Gasteiger partial charge in [0.2, 0.25) is 0 Å². The number of unbranched alkanes of at least 4 members (excludes halogenated alkanes) is 10. The van der Waals surface area contributed by atoms with Crippen LogP contribution < -0.4 is 4.89 Å². The van der Waals surface area contributed by atoms with E-state index in [4.69, 9.17) is 16.3 Å². The van der Waals surface area contributed by atoms with Crippen molar-refractivity contribution in [3.05, 3.63) is 0 Å². The Kier molecular flexibility index (Phi) is 22.2. The molecular formula is C16H34MoO2PS2. The van der Waals surface area contributed by atoms with Crippen LogP contribution in [0.3, 0.4) is 0 Å². The summed E-state index contributed by atoms with van der Waals surface area (Å²) in [6.07, 6.45) is 14.8. The third kappa shape index (κ3) is 19.7. The molecule has 1 unspecified atom stereocenters. The third-order valence-electron chi connectivity index (χ3n) is 3.49. The van der Waals surface area contributed by atoms with Crippen molar-refractivity contribution in [1.29, 1.82) is 0 Å². The smallest absolute Gasteiger partial charge is 0.793 e. The van der Waals surface area contributed by atoms with E-state index in [0.717, 1.165) is 25.0 Å². The van der Waals surface area contributed by atoms with Gasteiger partial charge in [0.15, 0.2) is 0 Å². The van der Waals surface area contributed by atoms with E-state index in [2.05, 4.69) is 13.8 Å². The van der Waals surface area contributed by atoms with Gasteiger partial charge in [0, 0.05) is 5.69 Å². The SMILES string of the molecule is CCCCCCCCOP([O-])(=S)SCCCCCCCC.[Mo+]. The van der Waals surface area contributed by atoms with E-state index >= 15 is 0 Å². The largest absolute Gasteiger partial charge is 1.00 e. The Balaban J connectivity index is 0. The summed E-state index contributed by atoms with van der Waals surface area (Å²) in [6, 6.07) is 0. The molecule has 0 saturated heterocycles. The van der Waals surface area contributed by atoms with Gasteiger partial charge >= 0.3 is 21.1 Å². The van der Waals surface area contributed by atoms with Crippen LogP contribution in [-0.4, -0.2) is 12.4 Å². The van der Waals surface area contributed by atoms with Crippen molar-refractivity contribution < 1.29 is 30.5 Å². The van der Waals surface area contributed by atoms with Crippen LogP contribution in [0, 0.1) is 0 Å². The fourth-order valence-corrected chi connectivity index (χ4v) is 5.54. The molecule has 0 rings (SSSR count). The summed E-state index contributed by atoms with van der Waals surface area (Å²) < 4.78 is 5.41. The Morgan fingerprint density at radius 2 is 1.27 bits per heavy atom. The molecule has 0 aromatic rings. The summed E-state index contributed by atoms with van der Waals surface area (Å²) in [5, 5.41) is 0. The van der Waals surface area contributed by atoms with Crippen molar-refractivity contribution in [3.63, 3.8) is 0 Å². The van der Waals surface area contributed by atoms with Gasteiger partial charge in [-0.1, -0.05) is 89.9 Å². The van der Waals surface area contributed by atoms with Crippen molar-refractivity contribution in [2.75, 3.05) is 12.4 Å². The van der Waals surface area contributed by atoms with Crippen molar-refractivity contribution in [1.82, 2.24) is 0 Å². The molecule has 0 aromatic carbocycles. The molecule has 0 bridgehead atoms. The third-order valence-corrected chi connectivity index (χ3v) is 7.86. The first-order valence-corrected chi connectivity index (χ1v) is 13.0.